The topological polar surface area (TPSA) is 72.8 Å². The molecule has 0 radical (unpaired) electrons. The lowest BCUT2D eigenvalue weighted by molar-refractivity contribution is -0.128. The second-order valence-electron chi connectivity index (χ2n) is 7.86. The number of rotatable bonds is 3. The van der Waals surface area contributed by atoms with Crippen LogP contribution in [-0.4, -0.2) is 17.0 Å². The van der Waals surface area contributed by atoms with E-state index in [-0.39, 0.29) is 5.75 Å². The maximum absolute atomic E-state index is 12.8. The van der Waals surface area contributed by atoms with Crippen LogP contribution in [0.25, 0.3) is 22.3 Å². The molecule has 33 heavy (non-hydrogen) atoms. The van der Waals surface area contributed by atoms with Crippen LogP contribution in [0, 0.1) is 0 Å². The number of hydrogen-bond donors (Lipinski definition) is 1. The molecule has 0 saturated carbocycles. The van der Waals surface area contributed by atoms with Gasteiger partial charge in [0.25, 0.3) is 0 Å². The van der Waals surface area contributed by atoms with Crippen LogP contribution in [0.1, 0.15) is 11.1 Å². The summed E-state index contributed by atoms with van der Waals surface area (Å²) in [6.07, 6.45) is 0. The fourth-order valence-electron chi connectivity index (χ4n) is 4.28. The number of esters is 2. The minimum Gasteiger partial charge on any atom is -0.508 e. The van der Waals surface area contributed by atoms with E-state index in [4.69, 9.17) is 9.47 Å². The SMILES string of the molecule is O=C1Oc2cc3c(cc2=C1c1ccc(O)cc1)OC(=O)C=3c1ccc(-c2ccccc2)cc1. The zero-order chi connectivity index (χ0) is 22.5. The Morgan fingerprint density at radius 3 is 1.45 bits per heavy atom. The van der Waals surface area contributed by atoms with Crippen molar-refractivity contribution >= 4 is 23.1 Å². The van der Waals surface area contributed by atoms with E-state index in [1.54, 1.807) is 24.3 Å². The third kappa shape index (κ3) is 3.10. The fraction of sp³-hybridized carbons (Fsp3) is 0. The van der Waals surface area contributed by atoms with Crippen LogP contribution in [0.2, 0.25) is 0 Å². The van der Waals surface area contributed by atoms with Gasteiger partial charge in [0, 0.05) is 10.4 Å². The number of hydrogen-bond acceptors (Lipinski definition) is 5. The molecule has 2 aliphatic rings. The van der Waals surface area contributed by atoms with Crippen molar-refractivity contribution in [3.63, 3.8) is 0 Å². The van der Waals surface area contributed by atoms with Crippen molar-refractivity contribution in [3.05, 3.63) is 113 Å². The van der Waals surface area contributed by atoms with Crippen molar-refractivity contribution in [2.45, 2.75) is 0 Å². The van der Waals surface area contributed by atoms with Crippen LogP contribution >= 0.6 is 0 Å². The number of carbonyl (C=O) groups excluding carboxylic acids is 2. The molecule has 0 spiro atoms. The van der Waals surface area contributed by atoms with Gasteiger partial charge >= 0.3 is 11.9 Å². The maximum Gasteiger partial charge on any atom is 0.344 e. The van der Waals surface area contributed by atoms with Crippen molar-refractivity contribution in [1.82, 2.24) is 0 Å². The third-order valence-corrected chi connectivity index (χ3v) is 5.87. The van der Waals surface area contributed by atoms with Crippen LogP contribution in [-0.2, 0) is 9.59 Å². The number of aromatic hydroxyl groups is 1. The highest BCUT2D eigenvalue weighted by Crippen LogP contribution is 2.28. The highest BCUT2D eigenvalue weighted by Gasteiger charge is 2.30. The minimum absolute atomic E-state index is 0.103. The van der Waals surface area contributed by atoms with Gasteiger partial charge in [0.05, 0.1) is 11.1 Å². The summed E-state index contributed by atoms with van der Waals surface area (Å²) in [5.74, 6) is -0.0709. The maximum atomic E-state index is 12.8. The molecule has 0 amide bonds. The van der Waals surface area contributed by atoms with Gasteiger partial charge in [0.15, 0.2) is 0 Å². The molecule has 0 aliphatic carbocycles. The van der Waals surface area contributed by atoms with Crippen molar-refractivity contribution in [2.75, 3.05) is 0 Å². The second-order valence-corrected chi connectivity index (χ2v) is 7.86. The van der Waals surface area contributed by atoms with E-state index in [0.717, 1.165) is 16.7 Å². The molecule has 2 aliphatic heterocycles. The number of carbonyl (C=O) groups is 2. The number of phenolic OH excluding ortho intramolecular Hbond substituents is 1. The molecule has 0 unspecified atom stereocenters. The number of phenols is 1. The zero-order valence-corrected chi connectivity index (χ0v) is 17.2. The first-order valence-electron chi connectivity index (χ1n) is 10.4. The van der Waals surface area contributed by atoms with Crippen molar-refractivity contribution in [1.29, 1.82) is 0 Å². The molecule has 0 atom stereocenters. The van der Waals surface area contributed by atoms with Crippen LogP contribution in [0.4, 0.5) is 0 Å². The minimum atomic E-state index is -0.487. The Morgan fingerprint density at radius 2 is 0.939 bits per heavy atom. The van der Waals surface area contributed by atoms with E-state index in [0.29, 0.717) is 38.6 Å². The Kier molecular flexibility index (Phi) is 4.17. The molecule has 5 heteroatoms. The lowest BCUT2D eigenvalue weighted by atomic mass is 9.99. The highest BCUT2D eigenvalue weighted by molar-refractivity contribution is 6.21. The van der Waals surface area contributed by atoms with Crippen LogP contribution in [0.15, 0.2) is 91.0 Å². The summed E-state index contributed by atoms with van der Waals surface area (Å²) in [6.45, 7) is 0. The molecule has 0 aromatic heterocycles. The molecule has 4 aromatic carbocycles. The molecule has 0 bridgehead atoms. The lowest BCUT2D eigenvalue weighted by Crippen LogP contribution is -2.11. The molecule has 0 saturated heterocycles. The summed E-state index contributed by atoms with van der Waals surface area (Å²) in [6, 6.07) is 27.3. The normalized spacial score (nSPS) is 14.1. The van der Waals surface area contributed by atoms with E-state index in [9.17, 15) is 14.7 Å². The first-order chi connectivity index (χ1) is 16.1. The lowest BCUT2D eigenvalue weighted by Gasteiger charge is -2.04. The van der Waals surface area contributed by atoms with Gasteiger partial charge in [0.2, 0.25) is 0 Å². The molecular formula is C28H16O5. The van der Waals surface area contributed by atoms with Crippen molar-refractivity contribution in [2.24, 2.45) is 0 Å². The van der Waals surface area contributed by atoms with E-state index >= 15 is 0 Å². The van der Waals surface area contributed by atoms with Crippen LogP contribution in [0.5, 0.6) is 17.2 Å². The molecule has 4 aromatic rings. The average Bonchev–Trinajstić information content (AvgIpc) is 3.33. The average molecular weight is 432 g/mol. The largest absolute Gasteiger partial charge is 0.508 e. The van der Waals surface area contributed by atoms with Gasteiger partial charge in [-0.15, -0.1) is 0 Å². The smallest absolute Gasteiger partial charge is 0.344 e. The second kappa shape index (κ2) is 7.21. The highest BCUT2D eigenvalue weighted by atomic mass is 16.5. The Labute approximate surface area is 188 Å². The third-order valence-electron chi connectivity index (χ3n) is 5.87. The van der Waals surface area contributed by atoms with E-state index in [1.165, 1.54) is 12.1 Å². The summed E-state index contributed by atoms with van der Waals surface area (Å²) < 4.78 is 11.1. The predicted octanol–water partition coefficient (Wildman–Crippen LogP) is 3.30. The van der Waals surface area contributed by atoms with Gasteiger partial charge in [-0.05, 0) is 46.5 Å². The molecule has 2 heterocycles. The van der Waals surface area contributed by atoms with Crippen LogP contribution < -0.4 is 19.9 Å². The quantitative estimate of drug-likeness (QED) is 0.397. The van der Waals surface area contributed by atoms with Gasteiger partial charge in [-0.3, -0.25) is 0 Å². The summed E-state index contributed by atoms with van der Waals surface area (Å²) in [7, 11) is 0. The van der Waals surface area contributed by atoms with Gasteiger partial charge in [-0.1, -0.05) is 66.7 Å². The first kappa shape index (κ1) is 19.1. The zero-order valence-electron chi connectivity index (χ0n) is 17.2. The fourth-order valence-corrected chi connectivity index (χ4v) is 4.28. The molecule has 6 rings (SSSR count). The van der Waals surface area contributed by atoms with Gasteiger partial charge < -0.3 is 14.6 Å². The number of ether oxygens (including phenoxy) is 2. The Bertz CT molecular complexity index is 1560. The van der Waals surface area contributed by atoms with Crippen molar-refractivity contribution in [3.8, 4) is 28.4 Å². The summed E-state index contributed by atoms with van der Waals surface area (Å²) >= 11 is 0. The number of benzene rings is 4. The standard InChI is InChI=1S/C28H16O5/c29-20-12-10-19(11-13-20)26-22-15-23-21(14-24(22)33-28(26)31)25(27(30)32-23)18-8-6-17(7-9-18)16-4-2-1-3-5-16/h1-15,29H. The van der Waals surface area contributed by atoms with Gasteiger partial charge in [-0.25, -0.2) is 9.59 Å². The summed E-state index contributed by atoms with van der Waals surface area (Å²) in [5, 5.41) is 10.7. The predicted molar refractivity (Wildman–Crippen MR) is 122 cm³/mol. The first-order valence-corrected chi connectivity index (χ1v) is 10.4. The Morgan fingerprint density at radius 1 is 0.515 bits per heavy atom. The summed E-state index contributed by atoms with van der Waals surface area (Å²) in [4.78, 5) is 25.4. The molecule has 158 valence electrons. The van der Waals surface area contributed by atoms with Crippen molar-refractivity contribution < 1.29 is 24.2 Å². The Balaban J connectivity index is 1.49. The molecular weight excluding hydrogens is 416 g/mol. The Hall–Kier alpha value is -4.64. The van der Waals surface area contributed by atoms with E-state index < -0.39 is 11.9 Å². The molecule has 5 nitrogen and oxygen atoms in total. The molecule has 1 N–H and O–H groups in total. The van der Waals surface area contributed by atoms with E-state index in [1.807, 2.05) is 54.6 Å². The van der Waals surface area contributed by atoms with Gasteiger partial charge in [-0.2, -0.15) is 0 Å². The molecule has 0 fully saturated rings. The number of fused-ring (bicyclic) bond motifs is 2. The monoisotopic (exact) mass is 432 g/mol. The van der Waals surface area contributed by atoms with Gasteiger partial charge in [0.1, 0.15) is 17.2 Å². The van der Waals surface area contributed by atoms with E-state index in [2.05, 4.69) is 0 Å². The summed E-state index contributed by atoms with van der Waals surface area (Å²) in [5.41, 5.74) is 4.27. The van der Waals surface area contributed by atoms with Crippen LogP contribution in [0.3, 0.4) is 0 Å².